The summed E-state index contributed by atoms with van der Waals surface area (Å²) in [7, 11) is -5.17. The molecule has 0 aromatic rings. The van der Waals surface area contributed by atoms with Crippen LogP contribution in [-0.4, -0.2) is 65.1 Å². The highest BCUT2D eigenvalue weighted by Crippen LogP contribution is 2.42. The average molecular weight is 388 g/mol. The number of phosphoric ester groups is 1. The van der Waals surface area contributed by atoms with Crippen molar-refractivity contribution in [2.45, 2.75) is 51.5 Å². The van der Waals surface area contributed by atoms with Crippen LogP contribution in [0.25, 0.3) is 0 Å². The van der Waals surface area contributed by atoms with E-state index in [1.165, 1.54) is 0 Å². The third-order valence-electron chi connectivity index (χ3n) is 2.87. The molecule has 0 aliphatic carbocycles. The Morgan fingerprint density at radius 1 is 1.04 bits per heavy atom. The van der Waals surface area contributed by atoms with Gasteiger partial charge in [-0.3, -0.25) is 18.9 Å². The van der Waals surface area contributed by atoms with Gasteiger partial charge in [0.25, 0.3) is 0 Å². The summed E-state index contributed by atoms with van der Waals surface area (Å²) in [5.41, 5.74) is 0. The van der Waals surface area contributed by atoms with Crippen LogP contribution in [0.4, 0.5) is 4.39 Å². The van der Waals surface area contributed by atoms with Crippen LogP contribution in [-0.2, 0) is 42.4 Å². The summed E-state index contributed by atoms with van der Waals surface area (Å²) in [6.07, 6.45) is -9.28. The number of carbonyl (C=O) groups is 3. The molecular formula is C12H18FO11P. The number of carbonyl (C=O) groups excluding carboxylic acids is 3. The molecule has 1 saturated heterocycles. The fourth-order valence-electron chi connectivity index (χ4n) is 2.08. The predicted octanol–water partition coefficient (Wildman–Crippen LogP) is -0.415. The Morgan fingerprint density at radius 2 is 1.56 bits per heavy atom. The number of alkyl halides is 1. The Morgan fingerprint density at radius 3 is 2.00 bits per heavy atom. The molecule has 1 fully saturated rings. The minimum atomic E-state index is -5.17. The molecule has 13 heteroatoms. The van der Waals surface area contributed by atoms with Crippen molar-refractivity contribution in [1.29, 1.82) is 0 Å². The number of esters is 3. The number of rotatable bonds is 6. The van der Waals surface area contributed by atoms with E-state index in [4.69, 9.17) is 28.7 Å². The van der Waals surface area contributed by atoms with Crippen molar-refractivity contribution in [3.8, 4) is 0 Å². The topological polar surface area (TPSA) is 155 Å². The molecule has 25 heavy (non-hydrogen) atoms. The van der Waals surface area contributed by atoms with Crippen LogP contribution in [0.5, 0.6) is 0 Å². The van der Waals surface area contributed by atoms with Crippen LogP contribution in [0.15, 0.2) is 0 Å². The number of phosphoric acid groups is 1. The van der Waals surface area contributed by atoms with Gasteiger partial charge < -0.3 is 28.7 Å². The highest BCUT2D eigenvalue weighted by Gasteiger charge is 2.52. The monoisotopic (exact) mass is 388 g/mol. The maximum Gasteiger partial charge on any atom is 0.472 e. The summed E-state index contributed by atoms with van der Waals surface area (Å²) in [6.45, 7) is 2.44. The zero-order chi connectivity index (χ0) is 19.4. The fourth-order valence-corrected chi connectivity index (χ4v) is 2.52. The first-order valence-electron chi connectivity index (χ1n) is 6.92. The van der Waals surface area contributed by atoms with Crippen LogP contribution >= 0.6 is 7.82 Å². The average Bonchev–Trinajstić information content (AvgIpc) is 2.42. The SMILES string of the molecule is CC(=O)OC[C@H]1OC(OP(=O)(O)O)[C@@H](F)[C@@H](OC(C)=O)[C@@H]1OC(C)=O. The third kappa shape index (κ3) is 7.04. The van der Waals surface area contributed by atoms with E-state index in [9.17, 15) is 23.3 Å². The van der Waals surface area contributed by atoms with Gasteiger partial charge >= 0.3 is 25.7 Å². The van der Waals surface area contributed by atoms with E-state index in [0.717, 1.165) is 20.8 Å². The number of hydrogen-bond donors (Lipinski definition) is 2. The molecule has 2 N–H and O–H groups in total. The summed E-state index contributed by atoms with van der Waals surface area (Å²) in [4.78, 5) is 51.1. The van der Waals surface area contributed by atoms with E-state index in [1.807, 2.05) is 0 Å². The summed E-state index contributed by atoms with van der Waals surface area (Å²) in [5.74, 6) is -2.57. The zero-order valence-electron chi connectivity index (χ0n) is 13.5. The zero-order valence-corrected chi connectivity index (χ0v) is 14.4. The Kier molecular flexibility index (Phi) is 7.44. The van der Waals surface area contributed by atoms with Crippen LogP contribution in [0.2, 0.25) is 0 Å². The Labute approximate surface area is 141 Å². The normalized spacial score (nSPS) is 29.6. The Balaban J connectivity index is 3.13. The second-order valence-electron chi connectivity index (χ2n) is 5.03. The van der Waals surface area contributed by atoms with Gasteiger partial charge in [-0.25, -0.2) is 8.96 Å². The van der Waals surface area contributed by atoms with E-state index in [2.05, 4.69) is 4.52 Å². The van der Waals surface area contributed by atoms with Gasteiger partial charge in [-0.2, -0.15) is 0 Å². The lowest BCUT2D eigenvalue weighted by Crippen LogP contribution is -2.60. The van der Waals surface area contributed by atoms with Crippen LogP contribution in [0, 0.1) is 0 Å². The molecular weight excluding hydrogens is 370 g/mol. The van der Waals surface area contributed by atoms with Crippen molar-refractivity contribution in [3.63, 3.8) is 0 Å². The van der Waals surface area contributed by atoms with Crippen molar-refractivity contribution < 1.29 is 56.6 Å². The molecule has 0 aromatic heterocycles. The van der Waals surface area contributed by atoms with E-state index in [0.29, 0.717) is 0 Å². The standard InChI is InChI=1S/C12H18FO11P/c1-5(14)20-4-8-10(21-6(2)15)11(22-7(3)16)9(13)12(23-8)24-25(17,18)19/h8-12H,4H2,1-3H3,(H2,17,18,19)/t8-,9+,10-,11-,12?/m1/s1. The van der Waals surface area contributed by atoms with Gasteiger partial charge in [0.1, 0.15) is 12.7 Å². The summed E-state index contributed by atoms with van der Waals surface area (Å²) < 4.78 is 49.0. The second kappa shape index (κ2) is 8.68. The summed E-state index contributed by atoms with van der Waals surface area (Å²) in [5, 5.41) is 0. The van der Waals surface area contributed by atoms with Gasteiger partial charge in [-0.15, -0.1) is 0 Å². The van der Waals surface area contributed by atoms with Crippen LogP contribution in [0.3, 0.4) is 0 Å². The molecule has 1 unspecified atom stereocenters. The highest BCUT2D eigenvalue weighted by atomic mass is 31.2. The molecule has 0 aromatic carbocycles. The van der Waals surface area contributed by atoms with Crippen molar-refractivity contribution in [3.05, 3.63) is 0 Å². The number of ether oxygens (including phenoxy) is 4. The summed E-state index contributed by atoms with van der Waals surface area (Å²) >= 11 is 0. The molecule has 0 amide bonds. The maximum absolute atomic E-state index is 14.5. The lowest BCUT2D eigenvalue weighted by Gasteiger charge is -2.41. The van der Waals surface area contributed by atoms with Crippen molar-refractivity contribution >= 4 is 25.7 Å². The van der Waals surface area contributed by atoms with Crippen molar-refractivity contribution in [1.82, 2.24) is 0 Å². The largest absolute Gasteiger partial charge is 0.472 e. The van der Waals surface area contributed by atoms with Crippen molar-refractivity contribution in [2.75, 3.05) is 6.61 Å². The van der Waals surface area contributed by atoms with E-state index >= 15 is 0 Å². The quantitative estimate of drug-likeness (QED) is 0.346. The first-order chi connectivity index (χ1) is 11.4. The van der Waals surface area contributed by atoms with Crippen LogP contribution in [0.1, 0.15) is 20.8 Å². The van der Waals surface area contributed by atoms with Gasteiger partial charge in [0.05, 0.1) is 0 Å². The Hall–Kier alpha value is -1.59. The second-order valence-corrected chi connectivity index (χ2v) is 6.23. The molecule has 5 atom stereocenters. The lowest BCUT2D eigenvalue weighted by molar-refractivity contribution is -0.274. The van der Waals surface area contributed by atoms with Gasteiger partial charge in [-0.05, 0) is 0 Å². The molecule has 0 radical (unpaired) electrons. The van der Waals surface area contributed by atoms with Crippen molar-refractivity contribution in [2.24, 2.45) is 0 Å². The maximum atomic E-state index is 14.5. The Bertz CT molecular complexity index is 561. The first kappa shape index (κ1) is 21.5. The number of halogens is 1. The van der Waals surface area contributed by atoms with Gasteiger partial charge in [-0.1, -0.05) is 0 Å². The fraction of sp³-hybridized carbons (Fsp3) is 0.750. The van der Waals surface area contributed by atoms with Gasteiger partial charge in [0.2, 0.25) is 6.29 Å². The molecule has 11 nitrogen and oxygen atoms in total. The molecule has 1 heterocycles. The predicted molar refractivity (Wildman–Crippen MR) is 74.4 cm³/mol. The molecule has 0 spiro atoms. The molecule has 1 aliphatic rings. The van der Waals surface area contributed by atoms with E-state index in [-0.39, 0.29) is 0 Å². The molecule has 144 valence electrons. The third-order valence-corrected chi connectivity index (χ3v) is 3.35. The number of hydrogen-bond acceptors (Lipinski definition) is 9. The highest BCUT2D eigenvalue weighted by molar-refractivity contribution is 7.46. The molecule has 1 aliphatic heterocycles. The van der Waals surface area contributed by atoms with E-state index < -0.39 is 63.1 Å². The molecule has 0 bridgehead atoms. The van der Waals surface area contributed by atoms with Gasteiger partial charge in [0, 0.05) is 20.8 Å². The summed E-state index contributed by atoms with van der Waals surface area (Å²) in [6, 6.07) is 0. The molecule has 0 saturated carbocycles. The first-order valence-corrected chi connectivity index (χ1v) is 8.45. The van der Waals surface area contributed by atoms with Crippen LogP contribution < -0.4 is 0 Å². The minimum Gasteiger partial charge on any atom is -0.463 e. The lowest BCUT2D eigenvalue weighted by atomic mass is 9.99. The van der Waals surface area contributed by atoms with E-state index in [1.54, 1.807) is 0 Å². The minimum absolute atomic E-state index is 0.571. The molecule has 1 rings (SSSR count). The smallest absolute Gasteiger partial charge is 0.463 e. The van der Waals surface area contributed by atoms with Gasteiger partial charge in [0.15, 0.2) is 18.4 Å².